The topological polar surface area (TPSA) is 114 Å². The zero-order valence-electron chi connectivity index (χ0n) is 19.2. The number of hydrogen-bond donors (Lipinski definition) is 2. The Morgan fingerprint density at radius 1 is 1.29 bits per heavy atom. The minimum Gasteiger partial charge on any atom is -0.390 e. The number of fused-ring (bicyclic) bond motifs is 2. The number of rotatable bonds is 7. The van der Waals surface area contributed by atoms with Crippen LogP contribution in [0.1, 0.15) is 40.8 Å². The second kappa shape index (κ2) is 8.08. The van der Waals surface area contributed by atoms with E-state index in [9.17, 15) is 18.7 Å². The summed E-state index contributed by atoms with van der Waals surface area (Å²) in [6.45, 7) is 0.611. The quantitative estimate of drug-likeness (QED) is 0.514. The molecule has 0 radical (unpaired) electrons. The molecule has 0 bridgehead atoms. The largest absolute Gasteiger partial charge is 0.390 e. The number of nitrogens with one attached hydrogen (secondary N) is 1. The number of carbonyl (C=O) groups is 1. The molecule has 0 spiro atoms. The van der Waals surface area contributed by atoms with Crippen molar-refractivity contribution >= 4 is 11.7 Å². The predicted octanol–water partition coefficient (Wildman–Crippen LogP) is 0.995. The van der Waals surface area contributed by atoms with Crippen LogP contribution in [0.25, 0.3) is 0 Å². The number of hydrogen-bond acceptors (Lipinski definition) is 7. The second-order valence-corrected chi connectivity index (χ2v) is 9.66. The fourth-order valence-corrected chi connectivity index (χ4v) is 5.38. The molecule has 1 amide bonds. The van der Waals surface area contributed by atoms with Crippen molar-refractivity contribution in [3.05, 3.63) is 53.0 Å². The molecule has 35 heavy (non-hydrogen) atoms. The molecule has 6 rings (SSSR count). The molecule has 0 aromatic carbocycles. The van der Waals surface area contributed by atoms with Crippen molar-refractivity contribution in [2.45, 2.75) is 44.4 Å². The first-order valence-electron chi connectivity index (χ1n) is 11.7. The van der Waals surface area contributed by atoms with Crippen molar-refractivity contribution in [1.82, 2.24) is 34.8 Å². The van der Waals surface area contributed by atoms with E-state index in [1.165, 1.54) is 0 Å². The molecule has 2 aliphatic carbocycles. The molecule has 12 heteroatoms. The highest BCUT2D eigenvalue weighted by Crippen LogP contribution is 2.59. The number of aliphatic hydroxyl groups is 1. The van der Waals surface area contributed by atoms with Crippen LogP contribution < -0.4 is 10.2 Å². The monoisotopic (exact) mass is 484 g/mol. The summed E-state index contributed by atoms with van der Waals surface area (Å²) in [5.41, 5.74) is 3.84. The van der Waals surface area contributed by atoms with Crippen LogP contribution in [0.15, 0.2) is 24.7 Å². The molecule has 3 aliphatic rings. The highest BCUT2D eigenvalue weighted by Gasteiger charge is 2.71. The van der Waals surface area contributed by atoms with Crippen molar-refractivity contribution in [3.63, 3.8) is 0 Å². The van der Waals surface area contributed by atoms with Crippen molar-refractivity contribution in [3.8, 4) is 0 Å². The normalized spacial score (nSPS) is 23.9. The van der Waals surface area contributed by atoms with Crippen molar-refractivity contribution in [1.29, 1.82) is 0 Å². The van der Waals surface area contributed by atoms with Crippen LogP contribution in [0.5, 0.6) is 0 Å². The van der Waals surface area contributed by atoms with Gasteiger partial charge < -0.3 is 19.9 Å². The summed E-state index contributed by atoms with van der Waals surface area (Å²) in [6, 6.07) is 3.53. The van der Waals surface area contributed by atoms with Crippen LogP contribution in [-0.2, 0) is 37.8 Å². The number of aliphatic hydroxyl groups excluding tert-OH is 1. The Kier molecular flexibility index (Phi) is 5.09. The SMILES string of the molecule is Cn1cnc2c1CC[C@H]2NC(=O)Cc1cn(Cc2ccc(N3CC4C(C3)C4(F)F)nc2CO)nn1. The number of piperidine rings is 1. The third-order valence-electron chi connectivity index (χ3n) is 7.41. The van der Waals surface area contributed by atoms with Gasteiger partial charge in [-0.25, -0.2) is 23.4 Å². The zero-order chi connectivity index (χ0) is 24.3. The molecule has 3 atom stereocenters. The first-order chi connectivity index (χ1) is 16.8. The van der Waals surface area contributed by atoms with Gasteiger partial charge in [0.25, 0.3) is 5.92 Å². The number of carbonyl (C=O) groups excluding carboxylic acids is 1. The third kappa shape index (κ3) is 3.85. The lowest BCUT2D eigenvalue weighted by molar-refractivity contribution is -0.121. The number of imidazole rings is 1. The van der Waals surface area contributed by atoms with Crippen LogP contribution in [0, 0.1) is 11.8 Å². The Hall–Kier alpha value is -3.41. The van der Waals surface area contributed by atoms with Crippen LogP contribution in [0.4, 0.5) is 14.6 Å². The standard InChI is InChI=1S/C23H26F2N8O2/c1-31-12-26-22-17(3-4-19(22)31)28-21(35)6-14-8-33(30-29-14)7-13-2-5-20(27-18(13)11-34)32-9-15-16(10-32)23(15,24)25/h2,5,8,12,15-17,34H,3-4,6-7,9-11H2,1H3,(H,28,35)/t15?,16?,17-/m1/s1. The molecule has 184 valence electrons. The Balaban J connectivity index is 1.07. The highest BCUT2D eigenvalue weighted by molar-refractivity contribution is 5.78. The zero-order valence-corrected chi connectivity index (χ0v) is 19.2. The van der Waals surface area contributed by atoms with E-state index < -0.39 is 17.8 Å². The first kappa shape index (κ1) is 22.1. The van der Waals surface area contributed by atoms with Gasteiger partial charge in [0.2, 0.25) is 5.91 Å². The summed E-state index contributed by atoms with van der Waals surface area (Å²) in [6.07, 6.45) is 5.29. The smallest absolute Gasteiger partial charge is 0.258 e. The van der Waals surface area contributed by atoms with E-state index in [-0.39, 0.29) is 38.1 Å². The van der Waals surface area contributed by atoms with E-state index in [1.807, 2.05) is 22.6 Å². The third-order valence-corrected chi connectivity index (χ3v) is 7.41. The minimum absolute atomic E-state index is 0.0850. The Labute approximate surface area is 200 Å². The van der Waals surface area contributed by atoms with Gasteiger partial charge in [-0.05, 0) is 24.5 Å². The molecule has 2 N–H and O–H groups in total. The van der Waals surface area contributed by atoms with Gasteiger partial charge in [-0.1, -0.05) is 11.3 Å². The first-order valence-corrected chi connectivity index (χ1v) is 11.7. The molecule has 1 saturated carbocycles. The van der Waals surface area contributed by atoms with Crippen molar-refractivity contribution in [2.75, 3.05) is 18.0 Å². The lowest BCUT2D eigenvalue weighted by atomic mass is 10.2. The lowest BCUT2D eigenvalue weighted by Gasteiger charge is -2.22. The van der Waals surface area contributed by atoms with Gasteiger partial charge >= 0.3 is 0 Å². The van der Waals surface area contributed by atoms with Gasteiger partial charge in [-0.3, -0.25) is 4.79 Å². The fourth-order valence-electron chi connectivity index (χ4n) is 5.38. The fraction of sp³-hybridized carbons (Fsp3) is 0.522. The van der Waals surface area contributed by atoms with Crippen molar-refractivity contribution < 1.29 is 18.7 Å². The molecule has 2 unspecified atom stereocenters. The summed E-state index contributed by atoms with van der Waals surface area (Å²) < 4.78 is 30.6. The summed E-state index contributed by atoms with van der Waals surface area (Å²) in [7, 11) is 1.95. The number of halogens is 2. The van der Waals surface area contributed by atoms with Crippen LogP contribution in [0.3, 0.4) is 0 Å². The number of aryl methyl sites for hydroxylation is 1. The number of anilines is 1. The molecule has 1 aliphatic heterocycles. The van der Waals surface area contributed by atoms with Gasteiger partial charge in [0.05, 0.1) is 60.9 Å². The average Bonchev–Trinajstić information content (AvgIpc) is 3.46. The van der Waals surface area contributed by atoms with Crippen LogP contribution >= 0.6 is 0 Å². The van der Waals surface area contributed by atoms with Crippen LogP contribution in [0.2, 0.25) is 0 Å². The molecule has 2 fully saturated rings. The second-order valence-electron chi connectivity index (χ2n) is 9.66. The van der Waals surface area contributed by atoms with Gasteiger partial charge in [-0.15, -0.1) is 5.10 Å². The molecule has 3 aromatic rings. The van der Waals surface area contributed by atoms with Crippen molar-refractivity contribution in [2.24, 2.45) is 18.9 Å². The molecular formula is C23H26F2N8O2. The van der Waals surface area contributed by atoms with Gasteiger partial charge in [0.15, 0.2) is 0 Å². The maximum Gasteiger partial charge on any atom is 0.258 e. The molecule has 3 aromatic heterocycles. The number of aromatic nitrogens is 6. The van der Waals surface area contributed by atoms with E-state index in [1.54, 1.807) is 23.3 Å². The summed E-state index contributed by atoms with van der Waals surface area (Å²) in [5.74, 6) is -3.27. The van der Waals surface area contributed by atoms with Gasteiger partial charge in [0.1, 0.15) is 5.82 Å². The lowest BCUT2D eigenvalue weighted by Crippen LogP contribution is -2.29. The number of amides is 1. The Bertz CT molecular complexity index is 1270. The van der Waals surface area contributed by atoms with Crippen LogP contribution in [-0.4, -0.2) is 59.6 Å². The number of nitrogens with zero attached hydrogens (tertiary/aromatic N) is 7. The molecule has 1 saturated heterocycles. The summed E-state index contributed by atoms with van der Waals surface area (Å²) >= 11 is 0. The Morgan fingerprint density at radius 3 is 2.86 bits per heavy atom. The molecule has 10 nitrogen and oxygen atoms in total. The van der Waals surface area contributed by atoms with E-state index in [4.69, 9.17) is 0 Å². The van der Waals surface area contributed by atoms with E-state index in [0.717, 1.165) is 29.8 Å². The van der Waals surface area contributed by atoms with E-state index >= 15 is 0 Å². The average molecular weight is 485 g/mol. The Morgan fingerprint density at radius 2 is 2.09 bits per heavy atom. The van der Waals surface area contributed by atoms with Gasteiger partial charge in [-0.2, -0.15) is 0 Å². The van der Waals surface area contributed by atoms with E-state index in [0.29, 0.717) is 23.8 Å². The molecule has 4 heterocycles. The maximum atomic E-state index is 13.5. The summed E-state index contributed by atoms with van der Waals surface area (Å²) in [4.78, 5) is 23.3. The predicted molar refractivity (Wildman–Crippen MR) is 120 cm³/mol. The van der Waals surface area contributed by atoms with Gasteiger partial charge in [0, 0.05) is 32.0 Å². The maximum absolute atomic E-state index is 13.5. The number of pyridine rings is 1. The van der Waals surface area contributed by atoms with E-state index in [2.05, 4.69) is 25.6 Å². The molecular weight excluding hydrogens is 458 g/mol. The number of alkyl halides is 2. The highest BCUT2D eigenvalue weighted by atomic mass is 19.3. The minimum atomic E-state index is -2.55. The summed E-state index contributed by atoms with van der Waals surface area (Å²) in [5, 5.41) is 21.1.